The molecule has 0 radical (unpaired) electrons. The van der Waals surface area contributed by atoms with E-state index in [1.165, 1.54) is 28.5 Å². The van der Waals surface area contributed by atoms with Crippen molar-refractivity contribution < 1.29 is 26.3 Å². The van der Waals surface area contributed by atoms with Crippen molar-refractivity contribution in [3.8, 4) is 11.6 Å². The highest BCUT2D eigenvalue weighted by Gasteiger charge is 2.33. The van der Waals surface area contributed by atoms with E-state index in [4.69, 9.17) is 16.3 Å². The molecule has 204 valence electrons. The number of ether oxygens (including phenoxy) is 1. The van der Waals surface area contributed by atoms with Crippen LogP contribution in [0.25, 0.3) is 5.82 Å². The van der Waals surface area contributed by atoms with Gasteiger partial charge in [0.2, 0.25) is 0 Å². The minimum absolute atomic E-state index is 0.110. The lowest BCUT2D eigenvalue weighted by molar-refractivity contribution is -0.137. The van der Waals surface area contributed by atoms with E-state index in [1.54, 1.807) is 7.11 Å². The van der Waals surface area contributed by atoms with Crippen LogP contribution in [0.15, 0.2) is 47.8 Å². The van der Waals surface area contributed by atoms with E-state index in [2.05, 4.69) is 26.0 Å². The molecule has 5 rings (SSSR count). The number of piperazine rings is 1. The molecule has 1 aromatic carbocycles. The maximum Gasteiger partial charge on any atom is 0.417 e. The molecule has 3 heterocycles. The third-order valence-electron chi connectivity index (χ3n) is 6.92. The van der Waals surface area contributed by atoms with E-state index < -0.39 is 27.8 Å². The molecule has 3 aromatic rings. The molecule has 0 spiro atoms. The van der Waals surface area contributed by atoms with Gasteiger partial charge in [0.05, 0.1) is 17.7 Å². The lowest BCUT2D eigenvalue weighted by atomic mass is 9.86. The molecule has 0 saturated carbocycles. The monoisotopic (exact) mass is 569 g/mol. The highest BCUT2D eigenvalue weighted by atomic mass is 35.5. The molecule has 1 saturated heterocycles. The van der Waals surface area contributed by atoms with Crippen LogP contribution >= 0.6 is 11.6 Å². The number of sulfonamides is 1. The van der Waals surface area contributed by atoms with Crippen LogP contribution < -0.4 is 19.7 Å². The van der Waals surface area contributed by atoms with Crippen molar-refractivity contribution in [2.24, 2.45) is 0 Å². The number of hydrogen-bond donors (Lipinski definition) is 2. The summed E-state index contributed by atoms with van der Waals surface area (Å²) < 4.78 is 75.6. The molecular weight excluding hydrogens is 543 g/mol. The van der Waals surface area contributed by atoms with Crippen LogP contribution in [0.4, 0.5) is 18.9 Å². The number of alkyl halides is 3. The van der Waals surface area contributed by atoms with E-state index in [0.717, 1.165) is 43.5 Å². The minimum atomic E-state index is -4.62. The highest BCUT2D eigenvalue weighted by molar-refractivity contribution is 7.89. The molecule has 1 fully saturated rings. The van der Waals surface area contributed by atoms with Crippen molar-refractivity contribution in [3.05, 3.63) is 64.4 Å². The number of fused-ring (bicyclic) bond motifs is 1. The first-order valence-corrected chi connectivity index (χ1v) is 14.0. The maximum atomic E-state index is 13.4. The Morgan fingerprint density at radius 3 is 2.63 bits per heavy atom. The summed E-state index contributed by atoms with van der Waals surface area (Å²) in [7, 11) is -2.47. The third-order valence-corrected chi connectivity index (χ3v) is 8.73. The van der Waals surface area contributed by atoms with Crippen molar-refractivity contribution in [3.63, 3.8) is 0 Å². The molecule has 1 aliphatic heterocycles. The van der Waals surface area contributed by atoms with E-state index in [0.29, 0.717) is 31.2 Å². The Morgan fingerprint density at radius 1 is 1.18 bits per heavy atom. The Labute approximate surface area is 223 Å². The van der Waals surface area contributed by atoms with Gasteiger partial charge in [-0.25, -0.2) is 18.1 Å². The van der Waals surface area contributed by atoms with Crippen LogP contribution in [0.2, 0.25) is 5.02 Å². The number of nitrogens with zero attached hydrogens (tertiary/aromatic N) is 3. The van der Waals surface area contributed by atoms with Crippen molar-refractivity contribution >= 4 is 27.3 Å². The summed E-state index contributed by atoms with van der Waals surface area (Å²) in [4.78, 5) is 6.15. The van der Waals surface area contributed by atoms with Crippen LogP contribution in [0, 0.1) is 0 Å². The number of aromatic nitrogens is 2. The van der Waals surface area contributed by atoms with E-state index in [1.807, 2.05) is 6.07 Å². The quantitative estimate of drug-likeness (QED) is 0.470. The summed E-state index contributed by atoms with van der Waals surface area (Å²) in [5.41, 5.74) is 2.28. The minimum Gasteiger partial charge on any atom is -0.496 e. The van der Waals surface area contributed by atoms with Crippen LogP contribution in [-0.2, 0) is 29.0 Å². The number of pyridine rings is 1. The SMILES string of the molecule is COc1ccc(N2CCNCC2)c2c1C[C@@H](NS(=O)(=O)c1cccn1-c1ncc(C(F)(F)F)cc1Cl)CC2. The molecule has 2 aromatic heterocycles. The first-order chi connectivity index (χ1) is 18.1. The Morgan fingerprint density at radius 2 is 1.95 bits per heavy atom. The average Bonchev–Trinajstić information content (AvgIpc) is 3.38. The number of halogens is 4. The van der Waals surface area contributed by atoms with E-state index in [9.17, 15) is 21.6 Å². The van der Waals surface area contributed by atoms with Gasteiger partial charge in [-0.05, 0) is 55.2 Å². The van der Waals surface area contributed by atoms with Gasteiger partial charge in [0.1, 0.15) is 5.75 Å². The smallest absolute Gasteiger partial charge is 0.417 e. The molecule has 8 nitrogen and oxygen atoms in total. The van der Waals surface area contributed by atoms with Gasteiger partial charge < -0.3 is 15.0 Å². The molecule has 1 aliphatic carbocycles. The second-order valence-electron chi connectivity index (χ2n) is 9.29. The summed E-state index contributed by atoms with van der Waals surface area (Å²) in [5.74, 6) is 0.605. The normalized spacial score (nSPS) is 18.3. The summed E-state index contributed by atoms with van der Waals surface area (Å²) in [6.45, 7) is 3.60. The average molecular weight is 570 g/mol. The number of anilines is 1. The van der Waals surface area contributed by atoms with Gasteiger partial charge in [-0.1, -0.05) is 11.6 Å². The van der Waals surface area contributed by atoms with E-state index in [-0.39, 0.29) is 15.9 Å². The Kier molecular flexibility index (Phi) is 7.33. The fourth-order valence-corrected chi connectivity index (χ4v) is 6.81. The Bertz CT molecular complexity index is 1440. The second kappa shape index (κ2) is 10.4. The molecule has 0 bridgehead atoms. The number of benzene rings is 1. The molecule has 0 unspecified atom stereocenters. The van der Waals surface area contributed by atoms with Gasteiger partial charge in [0.15, 0.2) is 10.8 Å². The summed E-state index contributed by atoms with van der Waals surface area (Å²) in [6, 6.07) is 7.16. The van der Waals surface area contributed by atoms with Gasteiger partial charge in [0, 0.05) is 55.9 Å². The van der Waals surface area contributed by atoms with Gasteiger partial charge in [0.25, 0.3) is 10.0 Å². The molecule has 2 aliphatic rings. The molecule has 2 N–H and O–H groups in total. The third kappa shape index (κ3) is 5.22. The largest absolute Gasteiger partial charge is 0.496 e. The Hall–Kier alpha value is -2.80. The predicted molar refractivity (Wildman–Crippen MR) is 138 cm³/mol. The number of hydrogen-bond acceptors (Lipinski definition) is 6. The maximum absolute atomic E-state index is 13.4. The molecule has 1 atom stereocenters. The number of rotatable bonds is 6. The predicted octanol–water partition coefficient (Wildman–Crippen LogP) is 3.80. The zero-order chi connectivity index (χ0) is 27.1. The first-order valence-electron chi connectivity index (χ1n) is 12.2. The first kappa shape index (κ1) is 26.8. The lowest BCUT2D eigenvalue weighted by Gasteiger charge is -2.35. The van der Waals surface area contributed by atoms with Crippen molar-refractivity contribution in [1.29, 1.82) is 0 Å². The zero-order valence-electron chi connectivity index (χ0n) is 20.6. The van der Waals surface area contributed by atoms with E-state index >= 15 is 0 Å². The summed E-state index contributed by atoms with van der Waals surface area (Å²) in [5, 5.41) is 2.87. The summed E-state index contributed by atoms with van der Waals surface area (Å²) >= 11 is 6.09. The van der Waals surface area contributed by atoms with Crippen molar-refractivity contribution in [2.75, 3.05) is 38.2 Å². The van der Waals surface area contributed by atoms with Crippen LogP contribution in [0.5, 0.6) is 5.75 Å². The van der Waals surface area contributed by atoms with Crippen molar-refractivity contribution in [2.45, 2.75) is 36.5 Å². The number of methoxy groups -OCH3 is 1. The standard InChI is InChI=1S/C25H27ClF3N5O3S/c1-37-22-7-6-21(33-11-8-30-9-12-33)18-5-4-17(14-19(18)22)32-38(35,36)23-3-2-10-34(23)24-20(26)13-16(15-31-24)25(27,28)29/h2-3,6-7,10,13,15,17,30,32H,4-5,8-9,11-12,14H2,1H3/t17-/m0/s1. The van der Waals surface area contributed by atoms with Gasteiger partial charge >= 0.3 is 6.18 Å². The second-order valence-corrected chi connectivity index (χ2v) is 11.4. The fourth-order valence-electron chi connectivity index (χ4n) is 5.12. The molecule has 38 heavy (non-hydrogen) atoms. The topological polar surface area (TPSA) is 88.5 Å². The van der Waals surface area contributed by atoms with Gasteiger partial charge in [-0.15, -0.1) is 0 Å². The van der Waals surface area contributed by atoms with Gasteiger partial charge in [-0.3, -0.25) is 4.57 Å². The lowest BCUT2D eigenvalue weighted by Crippen LogP contribution is -2.44. The number of nitrogens with one attached hydrogen (secondary N) is 2. The molecular formula is C25H27ClF3N5O3S. The fraction of sp³-hybridized carbons (Fsp3) is 0.400. The van der Waals surface area contributed by atoms with Crippen LogP contribution in [0.1, 0.15) is 23.1 Å². The molecule has 0 amide bonds. The van der Waals surface area contributed by atoms with Crippen LogP contribution in [-0.4, -0.2) is 57.3 Å². The summed E-state index contributed by atoms with van der Waals surface area (Å²) in [6.07, 6.45) is -0.895. The Balaban J connectivity index is 1.40. The van der Waals surface area contributed by atoms with Crippen molar-refractivity contribution in [1.82, 2.24) is 19.6 Å². The van der Waals surface area contributed by atoms with Gasteiger partial charge in [-0.2, -0.15) is 13.2 Å². The highest BCUT2D eigenvalue weighted by Crippen LogP contribution is 2.37. The zero-order valence-corrected chi connectivity index (χ0v) is 22.1. The van der Waals surface area contributed by atoms with Crippen LogP contribution in [0.3, 0.4) is 0 Å². The molecule has 13 heteroatoms.